The molecule has 1 fully saturated rings. The molecule has 0 aliphatic carbocycles. The van der Waals surface area contributed by atoms with E-state index in [1.165, 1.54) is 4.31 Å². The zero-order valence-electron chi connectivity index (χ0n) is 17.9. The summed E-state index contributed by atoms with van der Waals surface area (Å²) in [5.74, 6) is 2.15. The molecule has 0 amide bonds. The summed E-state index contributed by atoms with van der Waals surface area (Å²) in [4.78, 5) is 13.7. The second-order valence-corrected chi connectivity index (χ2v) is 10.2. The Kier molecular flexibility index (Phi) is 6.01. The van der Waals surface area contributed by atoms with Gasteiger partial charge in [-0.1, -0.05) is 84.3 Å². The highest BCUT2D eigenvalue weighted by molar-refractivity contribution is 7.89. The van der Waals surface area contributed by atoms with Crippen LogP contribution in [0.15, 0.2) is 89.8 Å². The number of hydrogen-bond acceptors (Lipinski definition) is 3. The van der Waals surface area contributed by atoms with Gasteiger partial charge in [-0.15, -0.1) is 6.42 Å². The van der Waals surface area contributed by atoms with Crippen LogP contribution in [-0.2, 0) is 26.7 Å². The summed E-state index contributed by atoms with van der Waals surface area (Å²) < 4.78 is 28.3. The minimum atomic E-state index is -3.80. The van der Waals surface area contributed by atoms with Crippen molar-refractivity contribution >= 4 is 15.8 Å². The fraction of sp³-hybridized carbons (Fsp3) is 0.222. The molecule has 3 aromatic carbocycles. The first-order valence-electron chi connectivity index (χ1n) is 10.5. The summed E-state index contributed by atoms with van der Waals surface area (Å²) in [5, 5.41) is 0. The van der Waals surface area contributed by atoms with Gasteiger partial charge in [0.2, 0.25) is 10.0 Å². The third kappa shape index (κ3) is 4.00. The predicted octanol–water partition coefficient (Wildman–Crippen LogP) is 4.00. The smallest absolute Gasteiger partial charge is 0.243 e. The lowest BCUT2D eigenvalue weighted by molar-refractivity contribution is -0.122. The monoisotopic (exact) mass is 443 g/mol. The number of hydrogen-bond donors (Lipinski definition) is 0. The van der Waals surface area contributed by atoms with Gasteiger partial charge in [-0.3, -0.25) is 4.79 Å². The lowest BCUT2D eigenvalue weighted by Gasteiger charge is -2.29. The minimum Gasteiger partial charge on any atom is -0.299 e. The second-order valence-electron chi connectivity index (χ2n) is 8.27. The molecule has 1 saturated heterocycles. The summed E-state index contributed by atoms with van der Waals surface area (Å²) >= 11 is 0. The van der Waals surface area contributed by atoms with Crippen LogP contribution in [0.5, 0.6) is 0 Å². The van der Waals surface area contributed by atoms with Gasteiger partial charge < -0.3 is 0 Å². The van der Waals surface area contributed by atoms with E-state index in [1.807, 2.05) is 67.6 Å². The number of Topliss-reactive ketones (excluding diaryl/α,β-unsaturated/α-hetero) is 1. The largest absolute Gasteiger partial charge is 0.299 e. The molecule has 5 heteroatoms. The van der Waals surface area contributed by atoms with Crippen LogP contribution in [0.2, 0.25) is 0 Å². The molecule has 4 rings (SSSR count). The van der Waals surface area contributed by atoms with E-state index >= 15 is 0 Å². The molecule has 2 unspecified atom stereocenters. The highest BCUT2D eigenvalue weighted by atomic mass is 32.2. The summed E-state index contributed by atoms with van der Waals surface area (Å²) in [6.45, 7) is 2.03. The zero-order chi connectivity index (χ0) is 22.8. The number of benzene rings is 3. The van der Waals surface area contributed by atoms with E-state index in [0.717, 1.165) is 16.7 Å². The number of sulfonamides is 1. The zero-order valence-corrected chi connectivity index (χ0v) is 18.8. The molecular formula is C27H25NO3S. The molecule has 1 aliphatic rings. The Morgan fingerprint density at radius 3 is 2.19 bits per heavy atom. The van der Waals surface area contributed by atoms with Gasteiger partial charge in [0.15, 0.2) is 0 Å². The van der Waals surface area contributed by atoms with Crippen molar-refractivity contribution in [2.45, 2.75) is 23.7 Å². The molecule has 0 radical (unpaired) electrons. The summed E-state index contributed by atoms with van der Waals surface area (Å²) in [6.07, 6.45) is 6.27. The SMILES string of the molecule is C#CC1(c2ccccc2)CN(S(=O)(=O)c2ccc(C)cc2)CC1C(=O)Cc1ccccc1. The van der Waals surface area contributed by atoms with Crippen LogP contribution in [0.3, 0.4) is 0 Å². The van der Waals surface area contributed by atoms with Crippen molar-refractivity contribution in [3.63, 3.8) is 0 Å². The Labute approximate surface area is 190 Å². The van der Waals surface area contributed by atoms with Gasteiger partial charge in [-0.2, -0.15) is 4.31 Å². The van der Waals surface area contributed by atoms with Crippen molar-refractivity contribution in [2.24, 2.45) is 5.92 Å². The number of carbonyl (C=O) groups excluding carboxylic acids is 1. The summed E-state index contributed by atoms with van der Waals surface area (Å²) in [6, 6.07) is 25.6. The van der Waals surface area contributed by atoms with Crippen molar-refractivity contribution in [1.29, 1.82) is 0 Å². The van der Waals surface area contributed by atoms with E-state index in [2.05, 4.69) is 5.92 Å². The van der Waals surface area contributed by atoms with Crippen LogP contribution < -0.4 is 0 Å². The Balaban J connectivity index is 1.75. The standard InChI is InChI=1S/C27H25NO3S/c1-3-27(23-12-8-5-9-13-23)20-28(32(30,31)24-16-14-21(2)15-17-24)19-25(27)26(29)18-22-10-6-4-7-11-22/h1,4-17,25H,18-20H2,2H3. The second kappa shape index (κ2) is 8.74. The molecule has 1 aliphatic heterocycles. The van der Waals surface area contributed by atoms with Crippen molar-refractivity contribution in [3.05, 3.63) is 102 Å². The minimum absolute atomic E-state index is 0.0559. The first-order valence-corrected chi connectivity index (χ1v) is 12.0. The molecule has 0 aromatic heterocycles. The van der Waals surface area contributed by atoms with E-state index in [4.69, 9.17) is 6.42 Å². The van der Waals surface area contributed by atoms with Gasteiger partial charge in [-0.05, 0) is 30.2 Å². The van der Waals surface area contributed by atoms with Crippen LogP contribution in [-0.4, -0.2) is 31.6 Å². The first-order chi connectivity index (χ1) is 15.4. The van der Waals surface area contributed by atoms with Crippen molar-refractivity contribution in [3.8, 4) is 12.3 Å². The number of aryl methyl sites for hydroxylation is 1. The summed E-state index contributed by atoms with van der Waals surface area (Å²) in [7, 11) is -3.80. The molecule has 2 atom stereocenters. The highest BCUT2D eigenvalue weighted by Gasteiger charge is 2.53. The van der Waals surface area contributed by atoms with Crippen molar-refractivity contribution in [2.75, 3.05) is 13.1 Å². The lowest BCUT2D eigenvalue weighted by Crippen LogP contribution is -2.39. The van der Waals surface area contributed by atoms with Crippen LogP contribution in [0.1, 0.15) is 16.7 Å². The Morgan fingerprint density at radius 1 is 1.00 bits per heavy atom. The molecule has 0 bridgehead atoms. The third-order valence-electron chi connectivity index (χ3n) is 6.22. The molecule has 0 spiro atoms. The fourth-order valence-corrected chi connectivity index (χ4v) is 5.91. The maximum atomic E-state index is 13.5. The molecule has 4 nitrogen and oxygen atoms in total. The average Bonchev–Trinajstić information content (AvgIpc) is 3.23. The van der Waals surface area contributed by atoms with Crippen molar-refractivity contribution < 1.29 is 13.2 Å². The Morgan fingerprint density at radius 2 is 1.59 bits per heavy atom. The van der Waals surface area contributed by atoms with Gasteiger partial charge in [-0.25, -0.2) is 8.42 Å². The highest BCUT2D eigenvalue weighted by Crippen LogP contribution is 2.42. The Hall–Kier alpha value is -3.20. The Bertz CT molecular complexity index is 1250. The van der Waals surface area contributed by atoms with Gasteiger partial charge in [0, 0.05) is 19.5 Å². The van der Waals surface area contributed by atoms with E-state index < -0.39 is 21.4 Å². The molecule has 32 heavy (non-hydrogen) atoms. The fourth-order valence-electron chi connectivity index (χ4n) is 4.41. The quantitative estimate of drug-likeness (QED) is 0.541. The molecule has 162 valence electrons. The first kappa shape index (κ1) is 22.0. The number of rotatable bonds is 6. The maximum Gasteiger partial charge on any atom is 0.243 e. The van der Waals surface area contributed by atoms with Gasteiger partial charge in [0.1, 0.15) is 5.78 Å². The molecule has 1 heterocycles. The summed E-state index contributed by atoms with van der Waals surface area (Å²) in [5.41, 5.74) is 1.63. The number of carbonyl (C=O) groups is 1. The number of ketones is 1. The molecule has 0 saturated carbocycles. The van der Waals surface area contributed by atoms with Crippen LogP contribution in [0, 0.1) is 25.2 Å². The third-order valence-corrected chi connectivity index (χ3v) is 8.05. The van der Waals surface area contributed by atoms with E-state index in [-0.39, 0.29) is 30.2 Å². The molecule has 0 N–H and O–H groups in total. The van der Waals surface area contributed by atoms with Crippen LogP contribution in [0.4, 0.5) is 0 Å². The number of terminal acetylenes is 1. The van der Waals surface area contributed by atoms with E-state index in [1.54, 1.807) is 24.3 Å². The number of nitrogens with zero attached hydrogens (tertiary/aromatic N) is 1. The maximum absolute atomic E-state index is 13.5. The molecule has 3 aromatic rings. The van der Waals surface area contributed by atoms with Crippen LogP contribution >= 0.6 is 0 Å². The topological polar surface area (TPSA) is 54.5 Å². The normalized spacial score (nSPS) is 21.2. The predicted molar refractivity (Wildman–Crippen MR) is 126 cm³/mol. The van der Waals surface area contributed by atoms with Gasteiger partial charge in [0.25, 0.3) is 0 Å². The lowest BCUT2D eigenvalue weighted by atomic mass is 9.70. The van der Waals surface area contributed by atoms with E-state index in [0.29, 0.717) is 0 Å². The van der Waals surface area contributed by atoms with E-state index in [9.17, 15) is 13.2 Å². The average molecular weight is 444 g/mol. The van der Waals surface area contributed by atoms with Gasteiger partial charge >= 0.3 is 0 Å². The molecular weight excluding hydrogens is 418 g/mol. The van der Waals surface area contributed by atoms with Crippen molar-refractivity contribution in [1.82, 2.24) is 4.31 Å². The van der Waals surface area contributed by atoms with Crippen LogP contribution in [0.25, 0.3) is 0 Å². The van der Waals surface area contributed by atoms with Gasteiger partial charge in [0.05, 0.1) is 16.2 Å².